The molecule has 40 heavy (non-hydrogen) atoms. The van der Waals surface area contributed by atoms with E-state index in [0.717, 1.165) is 52.2 Å². The van der Waals surface area contributed by atoms with Crippen molar-refractivity contribution in [2.75, 3.05) is 21.3 Å². The second kappa shape index (κ2) is 20.8. The SMILES string of the molecule is COc1ccc(/C=C/C(=O)[O-])cc1.COc1ccc(/C=C/C(=O)[O-])cc1.COc1ccc(/C=C/C(=O)[O-])cc1.[La+3]. The van der Waals surface area contributed by atoms with Gasteiger partial charge in [-0.2, -0.15) is 0 Å². The van der Waals surface area contributed by atoms with Gasteiger partial charge in [-0.15, -0.1) is 0 Å². The average Bonchev–Trinajstić information content (AvgIpc) is 2.95. The summed E-state index contributed by atoms with van der Waals surface area (Å²) < 4.78 is 14.8. The van der Waals surface area contributed by atoms with Crippen molar-refractivity contribution in [2.24, 2.45) is 0 Å². The minimum absolute atomic E-state index is 0. The molecule has 0 fully saturated rings. The minimum atomic E-state index is -1.20. The first-order chi connectivity index (χ1) is 18.7. The number of hydrogen-bond donors (Lipinski definition) is 0. The van der Waals surface area contributed by atoms with Crippen molar-refractivity contribution in [3.63, 3.8) is 0 Å². The number of carbonyl (C=O) groups excluding carboxylic acids is 3. The standard InChI is InChI=1S/3C10H10O3.La/c3*1-13-9-5-2-8(3-6-9)4-7-10(11)12;/h3*2-7H,1H3,(H,11,12);/q;;;+3/p-3/b3*7-4+;. The Kier molecular flexibility index (Phi) is 18.7. The molecule has 3 aromatic rings. The van der Waals surface area contributed by atoms with Crippen LogP contribution >= 0.6 is 0 Å². The maximum Gasteiger partial charge on any atom is 3.00 e. The van der Waals surface area contributed by atoms with Crippen molar-refractivity contribution >= 4 is 36.1 Å². The molecule has 0 aliphatic rings. The first kappa shape index (κ1) is 35.9. The van der Waals surface area contributed by atoms with Gasteiger partial charge in [0.25, 0.3) is 0 Å². The molecule has 0 bridgehead atoms. The predicted octanol–water partition coefficient (Wildman–Crippen LogP) is 1.37. The van der Waals surface area contributed by atoms with Crippen molar-refractivity contribution in [2.45, 2.75) is 0 Å². The normalized spacial score (nSPS) is 9.97. The molecule has 204 valence electrons. The van der Waals surface area contributed by atoms with Crippen molar-refractivity contribution in [1.29, 1.82) is 0 Å². The van der Waals surface area contributed by atoms with Crippen LogP contribution in [0.25, 0.3) is 18.2 Å². The molecular formula is C30H27LaO9. The first-order valence-electron chi connectivity index (χ1n) is 11.3. The summed E-state index contributed by atoms with van der Waals surface area (Å²) >= 11 is 0. The van der Waals surface area contributed by atoms with Crippen LogP contribution in [0, 0.1) is 35.6 Å². The van der Waals surface area contributed by atoms with Gasteiger partial charge in [0.2, 0.25) is 0 Å². The van der Waals surface area contributed by atoms with Gasteiger partial charge in [0, 0.05) is 0 Å². The van der Waals surface area contributed by atoms with E-state index in [1.165, 1.54) is 18.2 Å². The number of ether oxygens (including phenoxy) is 3. The van der Waals surface area contributed by atoms with Crippen LogP contribution in [0.2, 0.25) is 0 Å². The molecule has 0 aromatic heterocycles. The summed E-state index contributed by atoms with van der Waals surface area (Å²) in [6, 6.07) is 21.1. The quantitative estimate of drug-likeness (QED) is 0.308. The Hall–Kier alpha value is -4.12. The third-order valence-electron chi connectivity index (χ3n) is 4.58. The van der Waals surface area contributed by atoms with Gasteiger partial charge in [-0.05, 0) is 71.3 Å². The van der Waals surface area contributed by atoms with Crippen molar-refractivity contribution in [1.82, 2.24) is 0 Å². The van der Waals surface area contributed by atoms with E-state index in [2.05, 4.69) is 0 Å². The van der Waals surface area contributed by atoms with E-state index < -0.39 is 17.9 Å². The van der Waals surface area contributed by atoms with E-state index in [0.29, 0.717) is 0 Å². The summed E-state index contributed by atoms with van der Waals surface area (Å²) in [5, 5.41) is 30.2. The van der Waals surface area contributed by atoms with Gasteiger partial charge in [0.05, 0.1) is 39.2 Å². The van der Waals surface area contributed by atoms with Crippen LogP contribution in [0.15, 0.2) is 91.0 Å². The van der Waals surface area contributed by atoms with Crippen LogP contribution in [0.1, 0.15) is 16.7 Å². The molecule has 0 saturated heterocycles. The molecular weight excluding hydrogens is 643 g/mol. The van der Waals surface area contributed by atoms with Gasteiger partial charge in [-0.1, -0.05) is 54.6 Å². The van der Waals surface area contributed by atoms with E-state index in [9.17, 15) is 29.7 Å². The zero-order chi connectivity index (χ0) is 29.0. The number of methoxy groups -OCH3 is 3. The Labute approximate surface area is 260 Å². The van der Waals surface area contributed by atoms with Crippen molar-refractivity contribution in [3.05, 3.63) is 108 Å². The van der Waals surface area contributed by atoms with Crippen LogP contribution < -0.4 is 29.5 Å². The summed E-state index contributed by atoms with van der Waals surface area (Å²) in [6.45, 7) is 0. The van der Waals surface area contributed by atoms with Gasteiger partial charge < -0.3 is 43.9 Å². The summed E-state index contributed by atoms with van der Waals surface area (Å²) in [5.74, 6) is -1.37. The molecule has 0 radical (unpaired) electrons. The van der Waals surface area contributed by atoms with Crippen LogP contribution in [0.5, 0.6) is 17.2 Å². The molecule has 0 atom stereocenters. The summed E-state index contributed by atoms with van der Waals surface area (Å²) in [5.41, 5.74) is 2.39. The largest absolute Gasteiger partial charge is 3.00 e. The molecule has 3 aromatic carbocycles. The number of hydrogen-bond acceptors (Lipinski definition) is 9. The Balaban J connectivity index is 0.000000563. The fraction of sp³-hybridized carbons (Fsp3) is 0.100. The van der Waals surface area contributed by atoms with Gasteiger partial charge in [0.15, 0.2) is 0 Å². The second-order valence-corrected chi connectivity index (χ2v) is 7.28. The fourth-order valence-corrected chi connectivity index (χ4v) is 2.64. The van der Waals surface area contributed by atoms with Crippen molar-refractivity contribution < 1.29 is 79.5 Å². The predicted molar refractivity (Wildman–Crippen MR) is 141 cm³/mol. The van der Waals surface area contributed by atoms with E-state index >= 15 is 0 Å². The molecule has 0 aliphatic heterocycles. The maximum absolute atomic E-state index is 10.1. The number of carbonyl (C=O) groups is 3. The third-order valence-corrected chi connectivity index (χ3v) is 4.58. The van der Waals surface area contributed by atoms with Gasteiger partial charge in [0.1, 0.15) is 17.2 Å². The minimum Gasteiger partial charge on any atom is -0.545 e. The molecule has 0 amide bonds. The van der Waals surface area contributed by atoms with E-state index in [1.54, 1.807) is 94.1 Å². The maximum atomic E-state index is 10.1. The number of carboxylic acid groups (broad SMARTS) is 3. The second-order valence-electron chi connectivity index (χ2n) is 7.28. The molecule has 0 N–H and O–H groups in total. The first-order valence-corrected chi connectivity index (χ1v) is 11.3. The number of carboxylic acids is 3. The molecule has 0 saturated carbocycles. The van der Waals surface area contributed by atoms with E-state index in [-0.39, 0.29) is 35.6 Å². The monoisotopic (exact) mass is 670 g/mol. The number of rotatable bonds is 9. The third kappa shape index (κ3) is 16.7. The van der Waals surface area contributed by atoms with Gasteiger partial charge in [-0.3, -0.25) is 0 Å². The summed E-state index contributed by atoms with van der Waals surface area (Å²) in [6.07, 6.45) is 7.36. The number of benzene rings is 3. The van der Waals surface area contributed by atoms with E-state index in [4.69, 9.17) is 14.2 Å². The Bertz CT molecular complexity index is 1100. The molecule has 9 nitrogen and oxygen atoms in total. The van der Waals surface area contributed by atoms with Crippen LogP contribution in [0.3, 0.4) is 0 Å². The van der Waals surface area contributed by atoms with Crippen molar-refractivity contribution in [3.8, 4) is 17.2 Å². The fourth-order valence-electron chi connectivity index (χ4n) is 2.64. The average molecular weight is 670 g/mol. The molecule has 0 heterocycles. The van der Waals surface area contributed by atoms with Crippen LogP contribution in [-0.2, 0) is 14.4 Å². The topological polar surface area (TPSA) is 148 Å². The molecule has 0 aliphatic carbocycles. The smallest absolute Gasteiger partial charge is 0.545 e. The summed E-state index contributed by atoms with van der Waals surface area (Å²) in [7, 11) is 4.73. The zero-order valence-corrected chi connectivity index (χ0v) is 25.8. The Morgan fingerprint density at radius 3 is 0.825 bits per heavy atom. The zero-order valence-electron chi connectivity index (χ0n) is 22.1. The van der Waals surface area contributed by atoms with Gasteiger partial charge in [-0.25, -0.2) is 0 Å². The summed E-state index contributed by atoms with van der Waals surface area (Å²) in [4.78, 5) is 30.2. The molecule has 0 spiro atoms. The number of aliphatic carboxylic acids is 3. The van der Waals surface area contributed by atoms with Crippen LogP contribution in [-0.4, -0.2) is 39.2 Å². The molecule has 0 unspecified atom stereocenters. The molecule has 10 heteroatoms. The Morgan fingerprint density at radius 1 is 0.475 bits per heavy atom. The van der Waals surface area contributed by atoms with Crippen LogP contribution in [0.4, 0.5) is 0 Å². The van der Waals surface area contributed by atoms with Gasteiger partial charge >= 0.3 is 35.6 Å². The Morgan fingerprint density at radius 2 is 0.675 bits per heavy atom. The molecule has 3 rings (SSSR count). The van der Waals surface area contributed by atoms with E-state index in [1.807, 2.05) is 0 Å².